The number of hydrogen-bond donors (Lipinski definition) is 0. The summed E-state index contributed by atoms with van der Waals surface area (Å²) in [5, 5.41) is 1.06. The van der Waals surface area contributed by atoms with Crippen molar-refractivity contribution in [3.63, 3.8) is 0 Å². The van der Waals surface area contributed by atoms with Crippen LogP contribution in [0.25, 0.3) is 22.0 Å². The normalized spacial score (nSPS) is 18.2. The van der Waals surface area contributed by atoms with E-state index in [2.05, 4.69) is 24.3 Å². The molecule has 0 bridgehead atoms. The molecule has 1 aliphatic carbocycles. The highest BCUT2D eigenvalue weighted by Gasteiger charge is 2.35. The van der Waals surface area contributed by atoms with Crippen molar-refractivity contribution in [3.05, 3.63) is 108 Å². The monoisotopic (exact) mass is 495 g/mol. The van der Waals surface area contributed by atoms with E-state index in [1.165, 1.54) is 23.8 Å². The van der Waals surface area contributed by atoms with E-state index in [1.54, 1.807) is 11.8 Å². The summed E-state index contributed by atoms with van der Waals surface area (Å²) in [6.45, 7) is 0. The molecule has 4 aromatic rings. The molecular formula is C31H26FNO2S. The van der Waals surface area contributed by atoms with Gasteiger partial charge in [0.25, 0.3) is 0 Å². The number of para-hydroxylation sites is 1. The quantitative estimate of drug-likeness (QED) is 0.192. The van der Waals surface area contributed by atoms with Gasteiger partial charge in [0, 0.05) is 46.1 Å². The number of pyridine rings is 1. The Morgan fingerprint density at radius 1 is 0.972 bits per heavy atom. The number of rotatable bonds is 7. The zero-order valence-corrected chi connectivity index (χ0v) is 20.6. The molecule has 5 heteroatoms. The van der Waals surface area contributed by atoms with Gasteiger partial charge >= 0.3 is 5.97 Å². The lowest BCUT2D eigenvalue weighted by molar-refractivity contribution is -0.144. The number of esters is 1. The Hall–Kier alpha value is -3.44. The van der Waals surface area contributed by atoms with E-state index in [4.69, 9.17) is 9.72 Å². The number of aromatic nitrogens is 1. The molecule has 2 aliphatic rings. The highest BCUT2D eigenvalue weighted by molar-refractivity contribution is 7.99. The Morgan fingerprint density at radius 2 is 1.72 bits per heavy atom. The molecule has 3 aromatic carbocycles. The minimum atomic E-state index is -0.285. The second-order valence-electron chi connectivity index (χ2n) is 9.44. The Labute approximate surface area is 214 Å². The maximum Gasteiger partial charge on any atom is 0.330 e. The third kappa shape index (κ3) is 4.80. The smallest absolute Gasteiger partial charge is 0.330 e. The fourth-order valence-corrected chi connectivity index (χ4v) is 6.32. The number of halogens is 1. The molecule has 3 nitrogen and oxygen atoms in total. The van der Waals surface area contributed by atoms with Gasteiger partial charge in [-0.3, -0.25) is 4.98 Å². The number of benzene rings is 3. The zero-order chi connectivity index (χ0) is 24.5. The van der Waals surface area contributed by atoms with E-state index in [-0.39, 0.29) is 23.1 Å². The van der Waals surface area contributed by atoms with Crippen LogP contribution >= 0.6 is 11.8 Å². The highest BCUT2D eigenvalue weighted by Crippen LogP contribution is 2.52. The van der Waals surface area contributed by atoms with Crippen LogP contribution in [-0.4, -0.2) is 17.1 Å². The fraction of sp³-hybridized carbons (Fsp3) is 0.226. The van der Waals surface area contributed by atoms with Crippen LogP contribution in [0.5, 0.6) is 0 Å². The van der Waals surface area contributed by atoms with Crippen LogP contribution in [0, 0.1) is 5.82 Å². The van der Waals surface area contributed by atoms with Gasteiger partial charge in [0.2, 0.25) is 0 Å². The lowest BCUT2D eigenvalue weighted by Gasteiger charge is -2.28. The van der Waals surface area contributed by atoms with E-state index < -0.39 is 0 Å². The van der Waals surface area contributed by atoms with Crippen molar-refractivity contribution in [1.82, 2.24) is 4.98 Å². The van der Waals surface area contributed by atoms with Gasteiger partial charge in [-0.1, -0.05) is 54.6 Å². The van der Waals surface area contributed by atoms with Crippen molar-refractivity contribution in [2.75, 3.05) is 0 Å². The Balaban J connectivity index is 1.57. The Morgan fingerprint density at radius 3 is 2.47 bits per heavy atom. The molecular weight excluding hydrogens is 469 g/mol. The second kappa shape index (κ2) is 9.90. The molecule has 36 heavy (non-hydrogen) atoms. The molecule has 1 fully saturated rings. The fourth-order valence-electron chi connectivity index (χ4n) is 5.01. The maximum atomic E-state index is 14.0. The number of carbonyl (C=O) groups excluding carboxylic acids is 1. The first-order chi connectivity index (χ1) is 17.7. The highest BCUT2D eigenvalue weighted by atomic mass is 32.2. The maximum absolute atomic E-state index is 14.0. The summed E-state index contributed by atoms with van der Waals surface area (Å²) < 4.78 is 19.7. The van der Waals surface area contributed by atoms with Crippen molar-refractivity contribution in [1.29, 1.82) is 0 Å². The summed E-state index contributed by atoms with van der Waals surface area (Å²) in [6, 6.07) is 25.3. The van der Waals surface area contributed by atoms with E-state index >= 15 is 0 Å². The number of carbonyl (C=O) groups is 1. The van der Waals surface area contributed by atoms with Crippen LogP contribution < -0.4 is 0 Å². The summed E-state index contributed by atoms with van der Waals surface area (Å²) in [6.07, 6.45) is 6.81. The van der Waals surface area contributed by atoms with Gasteiger partial charge in [0.05, 0.1) is 5.52 Å². The van der Waals surface area contributed by atoms with Gasteiger partial charge in [0.1, 0.15) is 11.9 Å². The molecule has 1 unspecified atom stereocenters. The summed E-state index contributed by atoms with van der Waals surface area (Å²) >= 11 is 1.79. The average molecular weight is 496 g/mol. The molecule has 0 radical (unpaired) electrons. The molecule has 0 spiro atoms. The van der Waals surface area contributed by atoms with E-state index in [0.29, 0.717) is 18.8 Å². The number of fused-ring (bicyclic) bond motifs is 1. The van der Waals surface area contributed by atoms with E-state index in [9.17, 15) is 9.18 Å². The summed E-state index contributed by atoms with van der Waals surface area (Å²) in [5.41, 5.74) is 5.35. The van der Waals surface area contributed by atoms with Crippen molar-refractivity contribution >= 4 is 28.6 Å². The minimum absolute atomic E-state index is 0.00413. The largest absolute Gasteiger partial charge is 0.459 e. The first-order valence-electron chi connectivity index (χ1n) is 12.4. The lowest BCUT2D eigenvalue weighted by atomic mass is 9.89. The SMILES string of the molecule is O=C1C=CC[C@@H](CC(Sc2ccccc2)c2c(C3CC3)nc3ccccc3c2-c2ccc(F)cc2)O1. The van der Waals surface area contributed by atoms with Crippen molar-refractivity contribution in [3.8, 4) is 11.1 Å². The first kappa shape index (κ1) is 23.0. The third-order valence-electron chi connectivity index (χ3n) is 6.81. The predicted molar refractivity (Wildman–Crippen MR) is 142 cm³/mol. The van der Waals surface area contributed by atoms with Crippen molar-refractivity contribution in [2.45, 2.75) is 47.9 Å². The van der Waals surface area contributed by atoms with Crippen molar-refractivity contribution < 1.29 is 13.9 Å². The average Bonchev–Trinajstić information content (AvgIpc) is 3.74. The lowest BCUT2D eigenvalue weighted by Crippen LogP contribution is -2.22. The number of ether oxygens (including phenoxy) is 1. The predicted octanol–water partition coefficient (Wildman–Crippen LogP) is 8.01. The van der Waals surface area contributed by atoms with Gasteiger partial charge in [-0.05, 0) is 59.9 Å². The molecule has 0 amide bonds. The van der Waals surface area contributed by atoms with Crippen LogP contribution in [0.1, 0.15) is 48.1 Å². The van der Waals surface area contributed by atoms with Gasteiger partial charge in [0.15, 0.2) is 0 Å². The molecule has 1 saturated carbocycles. The molecule has 2 heterocycles. The topological polar surface area (TPSA) is 39.2 Å². The van der Waals surface area contributed by atoms with Crippen LogP contribution in [0.15, 0.2) is 95.9 Å². The number of thioether (sulfide) groups is 1. The number of cyclic esters (lactones) is 1. The van der Waals surface area contributed by atoms with Crippen molar-refractivity contribution in [2.24, 2.45) is 0 Å². The molecule has 1 aliphatic heterocycles. The van der Waals surface area contributed by atoms with E-state index in [1.807, 2.05) is 48.5 Å². The second-order valence-corrected chi connectivity index (χ2v) is 10.7. The van der Waals surface area contributed by atoms with Crippen LogP contribution in [-0.2, 0) is 9.53 Å². The molecule has 2 atom stereocenters. The summed E-state index contributed by atoms with van der Waals surface area (Å²) in [5.74, 6) is -0.124. The molecule has 180 valence electrons. The van der Waals surface area contributed by atoms with Gasteiger partial charge in [-0.2, -0.15) is 0 Å². The number of hydrogen-bond acceptors (Lipinski definition) is 4. The van der Waals surface area contributed by atoms with Crippen LogP contribution in [0.4, 0.5) is 4.39 Å². The Bertz CT molecular complexity index is 1430. The van der Waals surface area contributed by atoms with Crippen LogP contribution in [0.2, 0.25) is 0 Å². The molecule has 0 saturated heterocycles. The summed E-state index contributed by atoms with van der Waals surface area (Å²) in [4.78, 5) is 18.4. The zero-order valence-electron chi connectivity index (χ0n) is 19.8. The molecule has 1 aromatic heterocycles. The molecule has 6 rings (SSSR count). The van der Waals surface area contributed by atoms with E-state index in [0.717, 1.165) is 45.5 Å². The first-order valence-corrected chi connectivity index (χ1v) is 13.3. The minimum Gasteiger partial charge on any atom is -0.459 e. The van der Waals surface area contributed by atoms with Gasteiger partial charge in [-0.15, -0.1) is 11.8 Å². The standard InChI is InChI=1S/C31H26FNO2S/c32-22-17-15-20(16-18-22)29-25-10-4-5-11-26(25)33-31(21-13-14-21)30(29)27(36-24-8-2-1-3-9-24)19-23-7-6-12-28(34)35-23/h1-6,8-12,15-18,21,23,27H,7,13-14,19H2/t23-,27?/m0/s1. The van der Waals surface area contributed by atoms with Gasteiger partial charge in [-0.25, -0.2) is 9.18 Å². The Kier molecular flexibility index (Phi) is 6.32. The van der Waals surface area contributed by atoms with Crippen LogP contribution in [0.3, 0.4) is 0 Å². The van der Waals surface area contributed by atoms with Gasteiger partial charge < -0.3 is 4.74 Å². The summed E-state index contributed by atoms with van der Waals surface area (Å²) in [7, 11) is 0. The molecule has 0 N–H and O–H groups in total. The number of nitrogens with zero attached hydrogens (tertiary/aromatic N) is 1. The third-order valence-corrected chi connectivity index (χ3v) is 8.07.